The Balaban J connectivity index is 2.48. The number of hydrogen-bond acceptors (Lipinski definition) is 2. The molecule has 0 saturated carbocycles. The second-order valence-electron chi connectivity index (χ2n) is 4.17. The van der Waals surface area contributed by atoms with Gasteiger partial charge in [-0.3, -0.25) is 4.68 Å². The van der Waals surface area contributed by atoms with Crippen molar-refractivity contribution in [1.29, 1.82) is 0 Å². The standard InChI is InChI=1S/C13H14Br2FN3/c1-3-17-12(13-10(15)7-18-19(13)2)8-4-5-9(14)11(16)6-8/h4-7,12,17H,3H2,1-2H3. The van der Waals surface area contributed by atoms with Gasteiger partial charge in [0.25, 0.3) is 0 Å². The highest BCUT2D eigenvalue weighted by molar-refractivity contribution is 9.10. The van der Waals surface area contributed by atoms with Gasteiger partial charge in [0.1, 0.15) is 5.82 Å². The number of hydrogen-bond donors (Lipinski definition) is 1. The van der Waals surface area contributed by atoms with E-state index in [9.17, 15) is 4.39 Å². The summed E-state index contributed by atoms with van der Waals surface area (Å²) in [5, 5.41) is 7.57. The first-order valence-electron chi connectivity index (χ1n) is 5.90. The third-order valence-corrected chi connectivity index (χ3v) is 4.15. The first-order chi connectivity index (χ1) is 9.04. The lowest BCUT2D eigenvalue weighted by atomic mass is 10.0. The minimum Gasteiger partial charge on any atom is -0.305 e. The van der Waals surface area contributed by atoms with Crippen LogP contribution in [0.1, 0.15) is 24.2 Å². The van der Waals surface area contributed by atoms with Crippen LogP contribution in [0.15, 0.2) is 33.3 Å². The smallest absolute Gasteiger partial charge is 0.137 e. The second-order valence-corrected chi connectivity index (χ2v) is 5.87. The summed E-state index contributed by atoms with van der Waals surface area (Å²) in [6, 6.07) is 5.06. The van der Waals surface area contributed by atoms with Gasteiger partial charge in [-0.2, -0.15) is 5.10 Å². The molecule has 0 amide bonds. The average molecular weight is 391 g/mol. The quantitative estimate of drug-likeness (QED) is 0.860. The van der Waals surface area contributed by atoms with E-state index in [2.05, 4.69) is 42.3 Å². The predicted octanol–water partition coefficient (Wildman–Crippen LogP) is 3.78. The zero-order valence-corrected chi connectivity index (χ0v) is 13.8. The fraction of sp³-hybridized carbons (Fsp3) is 0.308. The van der Waals surface area contributed by atoms with Gasteiger partial charge in [-0.1, -0.05) is 13.0 Å². The summed E-state index contributed by atoms with van der Waals surface area (Å²) in [5.74, 6) is -0.265. The molecule has 1 unspecified atom stereocenters. The highest BCUT2D eigenvalue weighted by atomic mass is 79.9. The van der Waals surface area contributed by atoms with Gasteiger partial charge in [0.05, 0.1) is 26.9 Å². The van der Waals surface area contributed by atoms with Crippen molar-refractivity contribution in [3.8, 4) is 0 Å². The molecule has 1 aromatic heterocycles. The third-order valence-electron chi connectivity index (χ3n) is 2.90. The van der Waals surface area contributed by atoms with Crippen LogP contribution in [-0.4, -0.2) is 16.3 Å². The molecule has 0 radical (unpaired) electrons. The van der Waals surface area contributed by atoms with E-state index in [1.165, 1.54) is 6.07 Å². The van der Waals surface area contributed by atoms with Gasteiger partial charge in [0.15, 0.2) is 0 Å². The molecular weight excluding hydrogens is 377 g/mol. The number of aryl methyl sites for hydroxylation is 1. The lowest BCUT2D eigenvalue weighted by Crippen LogP contribution is -2.24. The molecule has 2 rings (SSSR count). The largest absolute Gasteiger partial charge is 0.305 e. The van der Waals surface area contributed by atoms with Gasteiger partial charge in [0.2, 0.25) is 0 Å². The number of aromatic nitrogens is 2. The molecule has 1 N–H and O–H groups in total. The molecule has 2 aromatic rings. The fourth-order valence-corrected chi connectivity index (χ4v) is 2.84. The van der Waals surface area contributed by atoms with Gasteiger partial charge < -0.3 is 5.32 Å². The van der Waals surface area contributed by atoms with E-state index in [-0.39, 0.29) is 11.9 Å². The fourth-order valence-electron chi connectivity index (χ4n) is 2.01. The molecule has 0 aliphatic carbocycles. The molecule has 1 heterocycles. The van der Waals surface area contributed by atoms with Crippen molar-refractivity contribution in [3.05, 3.63) is 50.4 Å². The summed E-state index contributed by atoms with van der Waals surface area (Å²) in [7, 11) is 1.87. The summed E-state index contributed by atoms with van der Waals surface area (Å²) in [6.45, 7) is 2.80. The van der Waals surface area contributed by atoms with E-state index < -0.39 is 0 Å². The summed E-state index contributed by atoms with van der Waals surface area (Å²) in [6.07, 6.45) is 1.74. The van der Waals surface area contributed by atoms with Gasteiger partial charge in [-0.15, -0.1) is 0 Å². The van der Waals surface area contributed by atoms with Gasteiger partial charge in [0, 0.05) is 7.05 Å². The van der Waals surface area contributed by atoms with Gasteiger partial charge in [-0.05, 0) is 56.1 Å². The minimum absolute atomic E-state index is 0.102. The number of rotatable bonds is 4. The van der Waals surface area contributed by atoms with Crippen LogP contribution in [0.3, 0.4) is 0 Å². The van der Waals surface area contributed by atoms with Gasteiger partial charge >= 0.3 is 0 Å². The number of benzene rings is 1. The molecule has 1 aromatic carbocycles. The molecule has 0 fully saturated rings. The Labute approximate surface area is 128 Å². The first kappa shape index (κ1) is 14.7. The second kappa shape index (κ2) is 6.15. The Kier molecular flexibility index (Phi) is 4.76. The number of nitrogens with one attached hydrogen (secondary N) is 1. The molecule has 0 aliphatic rings. The molecule has 0 bridgehead atoms. The molecular formula is C13H14Br2FN3. The highest BCUT2D eigenvalue weighted by Gasteiger charge is 2.20. The van der Waals surface area contributed by atoms with E-state index in [1.807, 2.05) is 20.0 Å². The van der Waals surface area contributed by atoms with Crippen LogP contribution in [0.2, 0.25) is 0 Å². The van der Waals surface area contributed by atoms with Crippen LogP contribution in [0.4, 0.5) is 4.39 Å². The van der Waals surface area contributed by atoms with E-state index in [0.29, 0.717) is 4.47 Å². The average Bonchev–Trinajstić information content (AvgIpc) is 2.70. The van der Waals surface area contributed by atoms with Crippen LogP contribution in [0, 0.1) is 5.82 Å². The predicted molar refractivity (Wildman–Crippen MR) is 80.5 cm³/mol. The van der Waals surface area contributed by atoms with E-state index in [4.69, 9.17) is 0 Å². The summed E-state index contributed by atoms with van der Waals surface area (Å²) in [4.78, 5) is 0. The van der Waals surface area contributed by atoms with Crippen molar-refractivity contribution in [2.75, 3.05) is 6.54 Å². The molecule has 0 saturated heterocycles. The molecule has 6 heteroatoms. The molecule has 19 heavy (non-hydrogen) atoms. The van der Waals surface area contributed by atoms with Gasteiger partial charge in [-0.25, -0.2) is 4.39 Å². The van der Waals surface area contributed by atoms with Crippen molar-refractivity contribution in [2.24, 2.45) is 7.05 Å². The van der Waals surface area contributed by atoms with E-state index >= 15 is 0 Å². The lowest BCUT2D eigenvalue weighted by Gasteiger charge is -2.19. The maximum Gasteiger partial charge on any atom is 0.137 e. The molecule has 3 nitrogen and oxygen atoms in total. The monoisotopic (exact) mass is 389 g/mol. The van der Waals surface area contributed by atoms with Crippen LogP contribution >= 0.6 is 31.9 Å². The van der Waals surface area contributed by atoms with E-state index in [0.717, 1.165) is 22.3 Å². The molecule has 1 atom stereocenters. The minimum atomic E-state index is -0.265. The van der Waals surface area contributed by atoms with Crippen LogP contribution in [0.5, 0.6) is 0 Å². The lowest BCUT2D eigenvalue weighted by molar-refractivity contribution is 0.562. The zero-order chi connectivity index (χ0) is 14.0. The van der Waals surface area contributed by atoms with Crippen molar-refractivity contribution >= 4 is 31.9 Å². The van der Waals surface area contributed by atoms with Crippen molar-refractivity contribution in [1.82, 2.24) is 15.1 Å². The van der Waals surface area contributed by atoms with Crippen molar-refractivity contribution in [2.45, 2.75) is 13.0 Å². The van der Waals surface area contributed by atoms with Crippen LogP contribution in [-0.2, 0) is 7.05 Å². The van der Waals surface area contributed by atoms with Crippen molar-refractivity contribution < 1.29 is 4.39 Å². The Morgan fingerprint density at radius 3 is 2.63 bits per heavy atom. The molecule has 102 valence electrons. The highest BCUT2D eigenvalue weighted by Crippen LogP contribution is 2.29. The Hall–Kier alpha value is -0.720. The third kappa shape index (κ3) is 3.07. The maximum absolute atomic E-state index is 13.7. The number of nitrogens with zero attached hydrogens (tertiary/aromatic N) is 2. The summed E-state index contributed by atoms with van der Waals surface area (Å²) in [5.41, 5.74) is 1.84. The number of halogens is 3. The first-order valence-corrected chi connectivity index (χ1v) is 7.49. The molecule has 0 spiro atoms. The Bertz CT molecular complexity index is 564. The maximum atomic E-state index is 13.7. The van der Waals surface area contributed by atoms with Crippen LogP contribution in [0.25, 0.3) is 0 Å². The summed E-state index contributed by atoms with van der Waals surface area (Å²) >= 11 is 6.66. The normalized spacial score (nSPS) is 12.7. The van der Waals surface area contributed by atoms with E-state index in [1.54, 1.807) is 16.9 Å². The Morgan fingerprint density at radius 2 is 2.11 bits per heavy atom. The van der Waals surface area contributed by atoms with Crippen molar-refractivity contribution in [3.63, 3.8) is 0 Å². The summed E-state index contributed by atoms with van der Waals surface area (Å²) < 4.78 is 16.9. The molecule has 0 aliphatic heterocycles. The Morgan fingerprint density at radius 1 is 1.37 bits per heavy atom. The SMILES string of the molecule is CCNC(c1ccc(Br)c(F)c1)c1c(Br)cnn1C. The van der Waals surface area contributed by atoms with Crippen LogP contribution < -0.4 is 5.32 Å². The zero-order valence-electron chi connectivity index (χ0n) is 10.6. The topological polar surface area (TPSA) is 29.9 Å².